The highest BCUT2D eigenvalue weighted by Gasteiger charge is 2.12. The molecule has 1 amide bonds. The lowest BCUT2D eigenvalue weighted by atomic mass is 9.99. The van der Waals surface area contributed by atoms with Gasteiger partial charge < -0.3 is 15.8 Å². The number of nitrogens with two attached hydrogens (primary N) is 1. The van der Waals surface area contributed by atoms with Crippen molar-refractivity contribution < 1.29 is 18.3 Å². The summed E-state index contributed by atoms with van der Waals surface area (Å²) in [5.41, 5.74) is 8.48. The topological polar surface area (TPSA) is 64.3 Å². The number of amides is 1. The average molecular weight is 348 g/mol. The first kappa shape index (κ1) is 18.9. The molecule has 25 heavy (non-hydrogen) atoms. The quantitative estimate of drug-likeness (QED) is 0.799. The molecule has 0 aromatic heterocycles. The van der Waals surface area contributed by atoms with Crippen molar-refractivity contribution in [2.24, 2.45) is 5.73 Å². The Labute approximate surface area is 146 Å². The van der Waals surface area contributed by atoms with Crippen molar-refractivity contribution in [1.29, 1.82) is 0 Å². The largest absolute Gasteiger partial charge is 0.435 e. The zero-order chi connectivity index (χ0) is 18.4. The molecule has 2 aromatic carbocycles. The third-order valence-electron chi connectivity index (χ3n) is 3.84. The summed E-state index contributed by atoms with van der Waals surface area (Å²) < 4.78 is 28.8. The highest BCUT2D eigenvalue weighted by atomic mass is 19.3. The fourth-order valence-corrected chi connectivity index (χ4v) is 2.36. The lowest BCUT2D eigenvalue weighted by Crippen LogP contribution is -2.31. The molecule has 0 fully saturated rings. The number of halogens is 2. The molecule has 2 rings (SSSR count). The van der Waals surface area contributed by atoms with Crippen LogP contribution in [0.5, 0.6) is 5.75 Å². The smallest absolute Gasteiger partial charge is 0.387 e. The van der Waals surface area contributed by atoms with Gasteiger partial charge in [-0.2, -0.15) is 8.78 Å². The number of nitrogens with one attached hydrogen (secondary N) is 1. The van der Waals surface area contributed by atoms with Gasteiger partial charge in [0.25, 0.3) is 5.91 Å². The Hall–Kier alpha value is -2.47. The van der Waals surface area contributed by atoms with E-state index < -0.39 is 12.5 Å². The fraction of sp³-hybridized carbons (Fsp3) is 0.316. The van der Waals surface area contributed by atoms with Crippen LogP contribution in [-0.4, -0.2) is 19.1 Å². The van der Waals surface area contributed by atoms with Crippen LogP contribution in [-0.2, 0) is 0 Å². The van der Waals surface area contributed by atoms with Crippen molar-refractivity contribution in [3.05, 3.63) is 65.2 Å². The molecular weight excluding hydrogens is 326 g/mol. The van der Waals surface area contributed by atoms with Gasteiger partial charge in [0, 0.05) is 18.2 Å². The third-order valence-corrected chi connectivity index (χ3v) is 3.84. The summed E-state index contributed by atoms with van der Waals surface area (Å²) in [4.78, 5) is 12.2. The van der Waals surface area contributed by atoms with Crippen molar-refractivity contribution in [2.75, 3.05) is 6.54 Å². The summed E-state index contributed by atoms with van der Waals surface area (Å²) in [6, 6.07) is 13.2. The fourth-order valence-electron chi connectivity index (χ4n) is 2.36. The molecule has 6 heteroatoms. The molecule has 2 aromatic rings. The molecule has 0 heterocycles. The maximum atomic E-state index is 12.2. The van der Waals surface area contributed by atoms with Gasteiger partial charge in [-0.05, 0) is 35.2 Å². The van der Waals surface area contributed by atoms with Crippen molar-refractivity contribution in [3.8, 4) is 5.75 Å². The number of carbonyl (C=O) groups excluding carboxylic acids is 1. The Morgan fingerprint density at radius 2 is 1.76 bits per heavy atom. The Morgan fingerprint density at radius 1 is 1.12 bits per heavy atom. The second-order valence-corrected chi connectivity index (χ2v) is 6.04. The number of benzene rings is 2. The summed E-state index contributed by atoms with van der Waals surface area (Å²) in [6.07, 6.45) is 0. The molecule has 0 saturated carbocycles. The number of hydrogen-bond acceptors (Lipinski definition) is 3. The Bertz CT molecular complexity index is 703. The van der Waals surface area contributed by atoms with Gasteiger partial charge in [-0.15, -0.1) is 0 Å². The highest BCUT2D eigenvalue weighted by molar-refractivity contribution is 5.94. The molecule has 0 bridgehead atoms. The Kier molecular flexibility index (Phi) is 6.47. The molecule has 1 atom stereocenters. The van der Waals surface area contributed by atoms with Crippen LogP contribution in [0.15, 0.2) is 48.5 Å². The van der Waals surface area contributed by atoms with Gasteiger partial charge in [0.05, 0.1) is 0 Å². The number of rotatable bonds is 7. The predicted octanol–water partition coefficient (Wildman–Crippen LogP) is 3.84. The van der Waals surface area contributed by atoms with E-state index in [2.05, 4.69) is 23.9 Å². The predicted molar refractivity (Wildman–Crippen MR) is 92.9 cm³/mol. The Balaban J connectivity index is 1.94. The number of alkyl halides is 2. The maximum Gasteiger partial charge on any atom is 0.387 e. The molecule has 1 unspecified atom stereocenters. The van der Waals surface area contributed by atoms with Crippen LogP contribution < -0.4 is 15.8 Å². The van der Waals surface area contributed by atoms with Crippen molar-refractivity contribution in [1.82, 2.24) is 5.32 Å². The van der Waals surface area contributed by atoms with Crippen LogP contribution in [0.3, 0.4) is 0 Å². The van der Waals surface area contributed by atoms with Gasteiger partial charge in [-0.25, -0.2) is 0 Å². The lowest BCUT2D eigenvalue weighted by Gasteiger charge is -2.15. The van der Waals surface area contributed by atoms with Crippen LogP contribution in [0.4, 0.5) is 8.78 Å². The molecule has 0 spiro atoms. The van der Waals surface area contributed by atoms with Gasteiger partial charge in [0.2, 0.25) is 0 Å². The minimum absolute atomic E-state index is 0.0591. The van der Waals surface area contributed by atoms with E-state index in [1.807, 2.05) is 24.3 Å². The molecule has 3 N–H and O–H groups in total. The molecule has 134 valence electrons. The SMILES string of the molecule is CC(C)c1ccc(C(N)CNC(=O)c2cccc(OC(F)F)c2)cc1. The van der Waals surface area contributed by atoms with E-state index in [0.29, 0.717) is 5.92 Å². The van der Waals surface area contributed by atoms with Gasteiger partial charge in [-0.1, -0.05) is 44.2 Å². The van der Waals surface area contributed by atoms with Crippen molar-refractivity contribution in [3.63, 3.8) is 0 Å². The van der Waals surface area contributed by atoms with Gasteiger partial charge in [0.15, 0.2) is 0 Å². The maximum absolute atomic E-state index is 12.2. The minimum atomic E-state index is -2.93. The zero-order valence-corrected chi connectivity index (χ0v) is 14.2. The minimum Gasteiger partial charge on any atom is -0.435 e. The summed E-state index contributed by atoms with van der Waals surface area (Å²) in [5, 5.41) is 2.71. The first-order chi connectivity index (χ1) is 11.9. The lowest BCUT2D eigenvalue weighted by molar-refractivity contribution is -0.0498. The number of ether oxygens (including phenoxy) is 1. The van der Waals surface area contributed by atoms with Gasteiger partial charge >= 0.3 is 6.61 Å². The average Bonchev–Trinajstić information content (AvgIpc) is 2.59. The van der Waals surface area contributed by atoms with E-state index in [4.69, 9.17) is 5.73 Å². The summed E-state index contributed by atoms with van der Waals surface area (Å²) in [7, 11) is 0. The van der Waals surface area contributed by atoms with Crippen molar-refractivity contribution >= 4 is 5.91 Å². The second kappa shape index (κ2) is 8.58. The molecule has 0 aliphatic rings. The van der Waals surface area contributed by atoms with Crippen molar-refractivity contribution in [2.45, 2.75) is 32.4 Å². The van der Waals surface area contributed by atoms with Crippen LogP contribution >= 0.6 is 0 Å². The normalized spacial score (nSPS) is 12.3. The zero-order valence-electron chi connectivity index (χ0n) is 14.2. The molecule has 0 aliphatic heterocycles. The van der Waals surface area contributed by atoms with E-state index >= 15 is 0 Å². The van der Waals surface area contributed by atoms with E-state index in [9.17, 15) is 13.6 Å². The summed E-state index contributed by atoms with van der Waals surface area (Å²) in [6.45, 7) is 1.53. The first-order valence-electron chi connectivity index (χ1n) is 8.05. The van der Waals surface area contributed by atoms with E-state index in [-0.39, 0.29) is 23.9 Å². The van der Waals surface area contributed by atoms with Crippen LogP contribution in [0.1, 0.15) is 47.3 Å². The molecular formula is C19H22F2N2O2. The van der Waals surface area contributed by atoms with E-state index in [0.717, 1.165) is 5.56 Å². The summed E-state index contributed by atoms with van der Waals surface area (Å²) in [5.74, 6) is -0.0158. The monoisotopic (exact) mass is 348 g/mol. The van der Waals surface area contributed by atoms with Gasteiger partial charge in [0.1, 0.15) is 5.75 Å². The van der Waals surface area contributed by atoms with E-state index in [1.54, 1.807) is 0 Å². The molecule has 0 saturated heterocycles. The summed E-state index contributed by atoms with van der Waals surface area (Å²) >= 11 is 0. The van der Waals surface area contributed by atoms with Crippen LogP contribution in [0, 0.1) is 0 Å². The van der Waals surface area contributed by atoms with E-state index in [1.165, 1.54) is 29.8 Å². The molecule has 0 radical (unpaired) electrons. The molecule has 4 nitrogen and oxygen atoms in total. The standard InChI is InChI=1S/C19H22F2N2O2/c1-12(2)13-6-8-14(9-7-13)17(22)11-23-18(24)15-4-3-5-16(10-15)25-19(20)21/h3-10,12,17,19H,11,22H2,1-2H3,(H,23,24). The van der Waals surface area contributed by atoms with Gasteiger partial charge in [-0.3, -0.25) is 4.79 Å². The number of hydrogen-bond donors (Lipinski definition) is 2. The third kappa shape index (κ3) is 5.53. The Morgan fingerprint density at radius 3 is 2.36 bits per heavy atom. The highest BCUT2D eigenvalue weighted by Crippen LogP contribution is 2.18. The number of carbonyl (C=O) groups is 1. The van der Waals surface area contributed by atoms with Crippen LogP contribution in [0.2, 0.25) is 0 Å². The first-order valence-corrected chi connectivity index (χ1v) is 8.05. The molecule has 0 aliphatic carbocycles. The van der Waals surface area contributed by atoms with Crippen LogP contribution in [0.25, 0.3) is 0 Å². The second-order valence-electron chi connectivity index (χ2n) is 6.04.